The van der Waals surface area contributed by atoms with Crippen LogP contribution in [0.2, 0.25) is 0 Å². The number of carbonyl (C=O) groups excluding carboxylic acids is 2. The molecule has 0 bridgehead atoms. The molecule has 0 saturated heterocycles. The highest BCUT2D eigenvalue weighted by molar-refractivity contribution is 5.69. The van der Waals surface area contributed by atoms with Crippen molar-refractivity contribution in [2.24, 2.45) is 0 Å². The van der Waals surface area contributed by atoms with Crippen LogP contribution in [0.25, 0.3) is 0 Å². The predicted octanol–water partition coefficient (Wildman–Crippen LogP) is 9.84. The van der Waals surface area contributed by atoms with E-state index >= 15 is 0 Å². The average molecular weight is 713 g/mol. The van der Waals surface area contributed by atoms with Gasteiger partial charge in [0.05, 0.1) is 13.2 Å². The van der Waals surface area contributed by atoms with Crippen LogP contribution >= 0.6 is 0 Å². The predicted molar refractivity (Wildman–Crippen MR) is 207 cm³/mol. The normalized spacial score (nSPS) is 12.6. The van der Waals surface area contributed by atoms with Gasteiger partial charge in [-0.1, -0.05) is 141 Å². The van der Waals surface area contributed by atoms with Crippen molar-refractivity contribution in [3.8, 4) is 0 Å². The van der Waals surface area contributed by atoms with E-state index in [-0.39, 0.29) is 38.4 Å². The van der Waals surface area contributed by atoms with E-state index in [4.69, 9.17) is 29.9 Å². The molecule has 0 saturated carbocycles. The van der Waals surface area contributed by atoms with Crippen LogP contribution in [-0.4, -0.2) is 71.0 Å². The van der Waals surface area contributed by atoms with E-state index in [1.165, 1.54) is 116 Å². The molecule has 4 N–H and O–H groups in total. The minimum absolute atomic E-state index is 0.111. The van der Waals surface area contributed by atoms with Crippen molar-refractivity contribution in [2.45, 2.75) is 206 Å². The van der Waals surface area contributed by atoms with E-state index in [1.807, 2.05) is 0 Å². The summed E-state index contributed by atoms with van der Waals surface area (Å²) in [6.45, 7) is 3.54. The summed E-state index contributed by atoms with van der Waals surface area (Å²) in [5.41, 5.74) is 0. The third kappa shape index (κ3) is 44.3. The number of allylic oxidation sites excluding steroid dienone is 4. The van der Waals surface area contributed by atoms with E-state index in [9.17, 15) is 9.59 Å². The zero-order valence-corrected chi connectivity index (χ0v) is 32.5. The van der Waals surface area contributed by atoms with Crippen molar-refractivity contribution >= 4 is 11.9 Å². The molecule has 0 heterocycles. The largest absolute Gasteiger partial charge is 0.463 e. The number of aliphatic hydroxyl groups is 4. The maximum Gasteiger partial charge on any atom is 0.305 e. The van der Waals surface area contributed by atoms with E-state index in [1.54, 1.807) is 0 Å². The van der Waals surface area contributed by atoms with Gasteiger partial charge in [0.1, 0.15) is 25.4 Å². The van der Waals surface area contributed by atoms with Gasteiger partial charge in [-0.15, -0.1) is 0 Å². The van der Waals surface area contributed by atoms with Crippen molar-refractivity contribution in [3.63, 3.8) is 0 Å². The standard InChI is InChI=1S/2C21H40O4/c2*1-2-3-4-5-6-7-8-9-10-11-12-13-14-15-16-17-21(24)25-19-20(23)18-22/h2*9-10,20,22-23H,2-8,11-19H2,1H3/b2*10-9-. The molecule has 0 aliphatic heterocycles. The maximum atomic E-state index is 11.4. The Morgan fingerprint density at radius 2 is 0.700 bits per heavy atom. The van der Waals surface area contributed by atoms with Crippen molar-refractivity contribution in [1.29, 1.82) is 0 Å². The van der Waals surface area contributed by atoms with Gasteiger partial charge in [-0.05, 0) is 64.2 Å². The molecule has 0 aromatic heterocycles. The molecule has 8 nitrogen and oxygen atoms in total. The molecule has 2 atom stereocenters. The molecule has 0 aliphatic rings. The number of hydrogen-bond acceptors (Lipinski definition) is 8. The van der Waals surface area contributed by atoms with Gasteiger partial charge in [-0.25, -0.2) is 0 Å². The van der Waals surface area contributed by atoms with E-state index in [0.717, 1.165) is 51.4 Å². The number of unbranched alkanes of at least 4 members (excludes halogenated alkanes) is 22. The first-order chi connectivity index (χ1) is 24.4. The molecule has 0 aromatic rings. The molecular formula is C42H80O8. The molecular weight excluding hydrogens is 632 g/mol. The molecule has 2 unspecified atom stereocenters. The number of carbonyl (C=O) groups is 2. The van der Waals surface area contributed by atoms with Crippen LogP contribution in [-0.2, 0) is 19.1 Å². The van der Waals surface area contributed by atoms with Crippen molar-refractivity contribution in [1.82, 2.24) is 0 Å². The lowest BCUT2D eigenvalue weighted by Gasteiger charge is -2.08. The van der Waals surface area contributed by atoms with Gasteiger partial charge in [-0.3, -0.25) is 9.59 Å². The van der Waals surface area contributed by atoms with Crippen LogP contribution in [0.4, 0.5) is 0 Å². The first kappa shape index (κ1) is 50.4. The molecule has 0 aromatic carbocycles. The molecule has 0 spiro atoms. The molecule has 0 radical (unpaired) electrons. The summed E-state index contributed by atoms with van der Waals surface area (Å²) < 4.78 is 9.71. The average Bonchev–Trinajstić information content (AvgIpc) is 3.12. The summed E-state index contributed by atoms with van der Waals surface area (Å²) in [7, 11) is 0. The summed E-state index contributed by atoms with van der Waals surface area (Å²) in [4.78, 5) is 22.7. The van der Waals surface area contributed by atoms with Gasteiger partial charge in [-0.2, -0.15) is 0 Å². The highest BCUT2D eigenvalue weighted by Crippen LogP contribution is 2.12. The minimum Gasteiger partial charge on any atom is -0.463 e. The second-order valence-corrected chi connectivity index (χ2v) is 13.7. The molecule has 0 aliphatic carbocycles. The molecule has 0 rings (SSSR count). The Labute approximate surface area is 307 Å². The number of rotatable bonds is 36. The second-order valence-electron chi connectivity index (χ2n) is 13.7. The lowest BCUT2D eigenvalue weighted by molar-refractivity contribution is -0.148. The highest BCUT2D eigenvalue weighted by atomic mass is 16.5. The third-order valence-corrected chi connectivity index (χ3v) is 8.58. The summed E-state index contributed by atoms with van der Waals surface area (Å²) in [6, 6.07) is 0. The van der Waals surface area contributed by atoms with Crippen LogP contribution in [0.5, 0.6) is 0 Å². The summed E-state index contributed by atoms with van der Waals surface area (Å²) in [5, 5.41) is 35.4. The van der Waals surface area contributed by atoms with Crippen LogP contribution in [0.3, 0.4) is 0 Å². The van der Waals surface area contributed by atoms with Crippen LogP contribution in [0, 0.1) is 0 Å². The zero-order valence-electron chi connectivity index (χ0n) is 32.5. The quantitative estimate of drug-likeness (QED) is 0.0287. The molecule has 0 amide bonds. The molecule has 50 heavy (non-hydrogen) atoms. The summed E-state index contributed by atoms with van der Waals surface area (Å²) >= 11 is 0. The van der Waals surface area contributed by atoms with Gasteiger partial charge >= 0.3 is 11.9 Å². The van der Waals surface area contributed by atoms with Crippen molar-refractivity contribution < 1.29 is 39.5 Å². The Bertz CT molecular complexity index is 692. The fourth-order valence-electron chi connectivity index (χ4n) is 5.31. The van der Waals surface area contributed by atoms with Crippen LogP contribution in [0.15, 0.2) is 24.3 Å². The lowest BCUT2D eigenvalue weighted by Crippen LogP contribution is -2.21. The minimum atomic E-state index is -0.960. The van der Waals surface area contributed by atoms with Crippen molar-refractivity contribution in [2.75, 3.05) is 26.4 Å². The van der Waals surface area contributed by atoms with E-state index in [0.29, 0.717) is 12.8 Å². The fourth-order valence-corrected chi connectivity index (χ4v) is 5.31. The van der Waals surface area contributed by atoms with Gasteiger partial charge in [0.2, 0.25) is 0 Å². The van der Waals surface area contributed by atoms with Crippen LogP contribution < -0.4 is 0 Å². The SMILES string of the molecule is CCCCCCCC/C=C\CCCCCCCC(=O)OCC(O)CO.CCCCCCCC/C=C\CCCCCCCC(=O)OCC(O)CO. The summed E-state index contributed by atoms with van der Waals surface area (Å²) in [6.07, 6.45) is 40.2. The monoisotopic (exact) mass is 713 g/mol. The Balaban J connectivity index is 0. The van der Waals surface area contributed by atoms with Gasteiger partial charge in [0.15, 0.2) is 0 Å². The van der Waals surface area contributed by atoms with Crippen molar-refractivity contribution in [3.05, 3.63) is 24.3 Å². The Hall–Kier alpha value is -1.74. The lowest BCUT2D eigenvalue weighted by atomic mass is 10.1. The first-order valence-electron chi connectivity index (χ1n) is 20.6. The van der Waals surface area contributed by atoms with Gasteiger partial charge < -0.3 is 29.9 Å². The topological polar surface area (TPSA) is 134 Å². The highest BCUT2D eigenvalue weighted by Gasteiger charge is 2.08. The fraction of sp³-hybridized carbons (Fsp3) is 0.857. The number of aliphatic hydroxyl groups excluding tert-OH is 4. The molecule has 8 heteroatoms. The number of hydrogen-bond donors (Lipinski definition) is 4. The molecule has 0 fully saturated rings. The number of esters is 2. The zero-order chi connectivity index (χ0) is 37.2. The van der Waals surface area contributed by atoms with Crippen LogP contribution in [0.1, 0.15) is 194 Å². The number of ether oxygens (including phenoxy) is 2. The smallest absolute Gasteiger partial charge is 0.305 e. The Morgan fingerprint density at radius 3 is 0.980 bits per heavy atom. The van der Waals surface area contributed by atoms with E-state index < -0.39 is 12.2 Å². The van der Waals surface area contributed by atoms with Gasteiger partial charge in [0, 0.05) is 12.8 Å². The summed E-state index contributed by atoms with van der Waals surface area (Å²) in [5.74, 6) is -0.574. The van der Waals surface area contributed by atoms with E-state index in [2.05, 4.69) is 38.2 Å². The maximum absolute atomic E-state index is 11.4. The Kier molecular flexibility index (Phi) is 43.7. The second kappa shape index (κ2) is 43.4. The first-order valence-corrected chi connectivity index (χ1v) is 20.6. The third-order valence-electron chi connectivity index (χ3n) is 8.58. The van der Waals surface area contributed by atoms with Gasteiger partial charge in [0.25, 0.3) is 0 Å². The molecule has 296 valence electrons. The Morgan fingerprint density at radius 1 is 0.440 bits per heavy atom.